The minimum atomic E-state index is -0.407. The zero-order valence-corrected chi connectivity index (χ0v) is 16.6. The minimum Gasteiger partial charge on any atom is -0.439 e. The van der Waals surface area contributed by atoms with Gasteiger partial charge in [-0.05, 0) is 38.1 Å². The average molecular weight is 367 g/mol. The number of hydrazone groups is 1. The predicted octanol–water partition coefficient (Wildman–Crippen LogP) is 3.85. The Hall–Kier alpha value is -2.89. The number of hydrogen-bond acceptors (Lipinski definition) is 5. The topological polar surface area (TPSA) is 62.2 Å². The molecule has 6 nitrogen and oxygen atoms in total. The van der Waals surface area contributed by atoms with Gasteiger partial charge in [-0.25, -0.2) is 0 Å². The van der Waals surface area contributed by atoms with Crippen LogP contribution in [0.1, 0.15) is 41.5 Å². The lowest BCUT2D eigenvalue weighted by Gasteiger charge is -2.22. The molecule has 0 aromatic heterocycles. The number of rotatable bonds is 2. The van der Waals surface area contributed by atoms with Crippen molar-refractivity contribution in [2.24, 2.45) is 10.5 Å². The standard InChI is InChI=1S/C21H25N3O3/c1-13(2)23-16-9-7-8-10-17(16)27-18(23)12-11-15-19(21(4,5)6)22-24(14(3)25)20(15)26/h7-13H,1-6H3/b15-11+,18-12+. The number of benzene rings is 1. The van der Waals surface area contributed by atoms with Crippen LogP contribution in [0.2, 0.25) is 0 Å². The van der Waals surface area contributed by atoms with Gasteiger partial charge in [-0.2, -0.15) is 10.1 Å². The van der Waals surface area contributed by atoms with E-state index in [1.807, 2.05) is 45.0 Å². The summed E-state index contributed by atoms with van der Waals surface area (Å²) in [5, 5.41) is 5.19. The average Bonchev–Trinajstić information content (AvgIpc) is 3.10. The normalized spacial score (nSPS) is 19.8. The van der Waals surface area contributed by atoms with E-state index in [9.17, 15) is 9.59 Å². The van der Waals surface area contributed by atoms with Gasteiger partial charge < -0.3 is 9.64 Å². The van der Waals surface area contributed by atoms with Crippen molar-refractivity contribution in [3.8, 4) is 5.75 Å². The van der Waals surface area contributed by atoms with Crippen LogP contribution in [0.15, 0.2) is 53.0 Å². The number of nitrogens with zero attached hydrogens (tertiary/aromatic N) is 3. The molecular formula is C21H25N3O3. The van der Waals surface area contributed by atoms with E-state index >= 15 is 0 Å². The molecule has 142 valence electrons. The van der Waals surface area contributed by atoms with Crippen LogP contribution >= 0.6 is 0 Å². The van der Waals surface area contributed by atoms with Gasteiger partial charge in [-0.1, -0.05) is 32.9 Å². The second-order valence-corrected chi connectivity index (χ2v) is 7.95. The first-order chi connectivity index (χ1) is 12.6. The summed E-state index contributed by atoms with van der Waals surface area (Å²) in [5.41, 5.74) is 1.62. The van der Waals surface area contributed by atoms with Crippen molar-refractivity contribution in [2.45, 2.75) is 47.6 Å². The third kappa shape index (κ3) is 3.39. The fourth-order valence-electron chi connectivity index (χ4n) is 3.16. The molecule has 0 saturated heterocycles. The second kappa shape index (κ2) is 6.68. The van der Waals surface area contributed by atoms with Gasteiger partial charge in [0.25, 0.3) is 5.91 Å². The van der Waals surface area contributed by atoms with E-state index in [0.717, 1.165) is 16.4 Å². The monoisotopic (exact) mass is 367 g/mol. The highest BCUT2D eigenvalue weighted by Gasteiger charge is 2.38. The van der Waals surface area contributed by atoms with Crippen LogP contribution in [0.5, 0.6) is 5.75 Å². The summed E-state index contributed by atoms with van der Waals surface area (Å²) < 4.78 is 5.98. The molecule has 27 heavy (non-hydrogen) atoms. The molecule has 3 rings (SSSR count). The lowest BCUT2D eigenvalue weighted by molar-refractivity contribution is -0.139. The molecule has 0 saturated carbocycles. The Morgan fingerprint density at radius 3 is 2.44 bits per heavy atom. The van der Waals surface area contributed by atoms with E-state index in [4.69, 9.17) is 4.74 Å². The van der Waals surface area contributed by atoms with Crippen LogP contribution in [0.4, 0.5) is 5.69 Å². The molecular weight excluding hydrogens is 342 g/mol. The second-order valence-electron chi connectivity index (χ2n) is 7.95. The third-order valence-electron chi connectivity index (χ3n) is 4.37. The number of imide groups is 1. The molecule has 1 aromatic rings. The van der Waals surface area contributed by atoms with Crippen molar-refractivity contribution in [3.63, 3.8) is 0 Å². The zero-order chi connectivity index (χ0) is 19.9. The largest absolute Gasteiger partial charge is 0.439 e. The maximum absolute atomic E-state index is 12.7. The molecule has 0 spiro atoms. The van der Waals surface area contributed by atoms with Gasteiger partial charge in [0.05, 0.1) is 17.0 Å². The highest BCUT2D eigenvalue weighted by atomic mass is 16.5. The Morgan fingerprint density at radius 1 is 1.19 bits per heavy atom. The number of amides is 2. The molecule has 2 aliphatic heterocycles. The molecule has 2 heterocycles. The van der Waals surface area contributed by atoms with Gasteiger partial charge in [0, 0.05) is 18.4 Å². The van der Waals surface area contributed by atoms with Gasteiger partial charge >= 0.3 is 0 Å². The molecule has 0 radical (unpaired) electrons. The first kappa shape index (κ1) is 18.9. The lowest BCUT2D eigenvalue weighted by Crippen LogP contribution is -2.28. The highest BCUT2D eigenvalue weighted by molar-refractivity contribution is 6.29. The van der Waals surface area contributed by atoms with Gasteiger partial charge in [-0.3, -0.25) is 9.59 Å². The number of allylic oxidation sites excluding steroid dienone is 2. The van der Waals surface area contributed by atoms with Crippen LogP contribution in [-0.4, -0.2) is 28.6 Å². The molecule has 1 aromatic carbocycles. The zero-order valence-electron chi connectivity index (χ0n) is 16.6. The van der Waals surface area contributed by atoms with E-state index < -0.39 is 11.8 Å². The van der Waals surface area contributed by atoms with E-state index in [0.29, 0.717) is 17.2 Å². The number of carbonyl (C=O) groups is 2. The fourth-order valence-corrected chi connectivity index (χ4v) is 3.16. The molecule has 6 heteroatoms. The summed E-state index contributed by atoms with van der Waals surface area (Å²) in [5.74, 6) is 0.617. The van der Waals surface area contributed by atoms with Gasteiger partial charge in [0.1, 0.15) is 0 Å². The Kier molecular flexibility index (Phi) is 4.68. The molecule has 0 fully saturated rings. The summed E-state index contributed by atoms with van der Waals surface area (Å²) in [6.45, 7) is 11.4. The van der Waals surface area contributed by atoms with Crippen molar-refractivity contribution in [2.75, 3.05) is 4.90 Å². The Balaban J connectivity index is 2.02. The smallest absolute Gasteiger partial charge is 0.283 e. The number of carbonyl (C=O) groups excluding carboxylic acids is 2. The van der Waals surface area contributed by atoms with Crippen LogP contribution in [0.25, 0.3) is 0 Å². The quantitative estimate of drug-likeness (QED) is 0.745. The molecule has 0 unspecified atom stereocenters. The van der Waals surface area contributed by atoms with E-state index in [2.05, 4.69) is 23.8 Å². The molecule has 0 bridgehead atoms. The Morgan fingerprint density at radius 2 is 1.85 bits per heavy atom. The summed E-state index contributed by atoms with van der Waals surface area (Å²) in [6.07, 6.45) is 3.48. The predicted molar refractivity (Wildman–Crippen MR) is 105 cm³/mol. The Labute approximate surface area is 159 Å². The highest BCUT2D eigenvalue weighted by Crippen LogP contribution is 2.40. The molecule has 2 aliphatic rings. The van der Waals surface area contributed by atoms with E-state index in [1.54, 1.807) is 12.2 Å². The van der Waals surface area contributed by atoms with Gasteiger partial charge in [-0.15, -0.1) is 0 Å². The van der Waals surface area contributed by atoms with Crippen LogP contribution in [0.3, 0.4) is 0 Å². The maximum Gasteiger partial charge on any atom is 0.283 e. The van der Waals surface area contributed by atoms with Crippen LogP contribution in [0, 0.1) is 5.41 Å². The number of hydrogen-bond donors (Lipinski definition) is 0. The summed E-state index contributed by atoms with van der Waals surface area (Å²) in [7, 11) is 0. The van der Waals surface area contributed by atoms with Crippen molar-refractivity contribution < 1.29 is 14.3 Å². The van der Waals surface area contributed by atoms with Gasteiger partial charge in [0.2, 0.25) is 11.8 Å². The van der Waals surface area contributed by atoms with Crippen LogP contribution in [-0.2, 0) is 9.59 Å². The van der Waals surface area contributed by atoms with Crippen molar-refractivity contribution in [1.82, 2.24) is 5.01 Å². The molecule has 2 amide bonds. The number of para-hydroxylation sites is 2. The van der Waals surface area contributed by atoms with Crippen molar-refractivity contribution >= 4 is 23.2 Å². The lowest BCUT2D eigenvalue weighted by atomic mass is 9.85. The Bertz CT molecular complexity index is 888. The number of ether oxygens (including phenoxy) is 1. The van der Waals surface area contributed by atoms with E-state index in [-0.39, 0.29) is 11.5 Å². The molecule has 0 N–H and O–H groups in total. The maximum atomic E-state index is 12.7. The molecule has 0 aliphatic carbocycles. The summed E-state index contributed by atoms with van der Waals surface area (Å²) >= 11 is 0. The SMILES string of the molecule is CC(=O)N1N=C(C(C)(C)C)/C(=C\C=C2\Oc3ccccc3N2C(C)C)C1=O. The number of anilines is 1. The van der Waals surface area contributed by atoms with Gasteiger partial charge in [0.15, 0.2) is 5.75 Å². The summed E-state index contributed by atoms with van der Waals surface area (Å²) in [4.78, 5) is 26.5. The van der Waals surface area contributed by atoms with Crippen molar-refractivity contribution in [1.29, 1.82) is 0 Å². The minimum absolute atomic E-state index is 0.182. The first-order valence-electron chi connectivity index (χ1n) is 9.04. The molecule has 0 atom stereocenters. The first-order valence-corrected chi connectivity index (χ1v) is 9.04. The fraction of sp³-hybridized carbons (Fsp3) is 0.381. The third-order valence-corrected chi connectivity index (χ3v) is 4.37. The number of fused-ring (bicyclic) bond motifs is 1. The summed E-state index contributed by atoms with van der Waals surface area (Å²) in [6, 6.07) is 7.99. The van der Waals surface area contributed by atoms with Crippen molar-refractivity contribution in [3.05, 3.63) is 47.9 Å². The van der Waals surface area contributed by atoms with Crippen LogP contribution < -0.4 is 9.64 Å². The van der Waals surface area contributed by atoms with E-state index in [1.165, 1.54) is 6.92 Å².